The fourth-order valence-electron chi connectivity index (χ4n) is 3.73. The number of hydrogen-bond acceptors (Lipinski definition) is 3. The van der Waals surface area contributed by atoms with E-state index in [1.165, 1.54) is 0 Å². The van der Waals surface area contributed by atoms with Crippen molar-refractivity contribution in [2.45, 2.75) is 31.2 Å². The molecule has 2 saturated heterocycles. The number of hydrogen-bond donors (Lipinski definition) is 1. The third-order valence-corrected chi connectivity index (χ3v) is 5.12. The maximum atomic E-state index is 12.9. The van der Waals surface area contributed by atoms with E-state index in [4.69, 9.17) is 0 Å². The van der Waals surface area contributed by atoms with Gasteiger partial charge in [0.25, 0.3) is 5.91 Å². The lowest BCUT2D eigenvalue weighted by molar-refractivity contribution is -0.120. The van der Waals surface area contributed by atoms with Gasteiger partial charge in [-0.3, -0.25) is 14.6 Å². The molecule has 0 bridgehead atoms. The monoisotopic (exact) mass is 309 g/mol. The van der Waals surface area contributed by atoms with Gasteiger partial charge in [-0.15, -0.1) is 0 Å². The minimum atomic E-state index is -0.0833. The molecule has 1 aromatic heterocycles. The van der Waals surface area contributed by atoms with Crippen LogP contribution < -0.4 is 5.32 Å². The Balaban J connectivity index is 1.55. The maximum Gasteiger partial charge on any atom is 0.273 e. The Labute approximate surface area is 134 Å². The molecule has 2 fully saturated rings. The zero-order chi connectivity index (χ0) is 15.9. The lowest BCUT2D eigenvalue weighted by Crippen LogP contribution is -2.52. The molecule has 0 unspecified atom stereocenters. The molecule has 2 amide bonds. The predicted molar refractivity (Wildman–Crippen MR) is 87.0 cm³/mol. The lowest BCUT2D eigenvalue weighted by atomic mass is 9.86. The molecule has 0 aliphatic carbocycles. The second-order valence-corrected chi connectivity index (χ2v) is 6.50. The molecule has 1 N–H and O–H groups in total. The number of benzene rings is 1. The molecule has 0 radical (unpaired) electrons. The van der Waals surface area contributed by atoms with Gasteiger partial charge in [-0.1, -0.05) is 24.3 Å². The summed E-state index contributed by atoms with van der Waals surface area (Å²) in [4.78, 5) is 30.5. The summed E-state index contributed by atoms with van der Waals surface area (Å²) in [5.74, 6) is 0.126. The molecule has 4 rings (SSSR count). The van der Waals surface area contributed by atoms with Crippen molar-refractivity contribution in [2.24, 2.45) is 0 Å². The molecule has 23 heavy (non-hydrogen) atoms. The SMILES string of the molecule is O=C1CCC2(CCN(C(=O)c3nccc4ccccc34)CC2)N1. The van der Waals surface area contributed by atoms with Crippen LogP contribution in [0, 0.1) is 0 Å². The highest BCUT2D eigenvalue weighted by molar-refractivity contribution is 6.05. The highest BCUT2D eigenvalue weighted by atomic mass is 16.2. The van der Waals surface area contributed by atoms with E-state index in [1.54, 1.807) is 6.20 Å². The van der Waals surface area contributed by atoms with Crippen molar-refractivity contribution in [1.29, 1.82) is 0 Å². The van der Waals surface area contributed by atoms with Gasteiger partial charge in [-0.2, -0.15) is 0 Å². The molecule has 1 aromatic carbocycles. The third kappa shape index (κ3) is 2.46. The largest absolute Gasteiger partial charge is 0.351 e. The lowest BCUT2D eigenvalue weighted by Gasteiger charge is -2.39. The van der Waals surface area contributed by atoms with Crippen LogP contribution in [0.25, 0.3) is 10.8 Å². The molecule has 0 atom stereocenters. The van der Waals surface area contributed by atoms with Gasteiger partial charge in [0.1, 0.15) is 5.69 Å². The smallest absolute Gasteiger partial charge is 0.273 e. The number of aromatic nitrogens is 1. The minimum Gasteiger partial charge on any atom is -0.351 e. The Morgan fingerprint density at radius 3 is 2.65 bits per heavy atom. The van der Waals surface area contributed by atoms with Crippen molar-refractivity contribution in [3.63, 3.8) is 0 Å². The fraction of sp³-hybridized carbons (Fsp3) is 0.389. The molecule has 2 aromatic rings. The Bertz CT molecular complexity index is 773. The quantitative estimate of drug-likeness (QED) is 0.877. The van der Waals surface area contributed by atoms with Gasteiger partial charge in [0.15, 0.2) is 0 Å². The molecular formula is C18H19N3O2. The molecule has 2 aliphatic rings. The topological polar surface area (TPSA) is 62.3 Å². The van der Waals surface area contributed by atoms with E-state index in [-0.39, 0.29) is 17.4 Å². The van der Waals surface area contributed by atoms with Gasteiger partial charge in [-0.25, -0.2) is 0 Å². The second kappa shape index (κ2) is 5.33. The molecular weight excluding hydrogens is 290 g/mol. The molecule has 3 heterocycles. The number of pyridine rings is 1. The second-order valence-electron chi connectivity index (χ2n) is 6.50. The normalized spacial score (nSPS) is 20.0. The molecule has 1 spiro atoms. The van der Waals surface area contributed by atoms with Crippen LogP contribution in [0.3, 0.4) is 0 Å². The van der Waals surface area contributed by atoms with E-state index >= 15 is 0 Å². The number of carbonyl (C=O) groups excluding carboxylic acids is 2. The molecule has 2 aliphatic heterocycles. The summed E-state index contributed by atoms with van der Waals surface area (Å²) in [6, 6.07) is 9.75. The van der Waals surface area contributed by atoms with E-state index in [0.717, 1.165) is 30.0 Å². The van der Waals surface area contributed by atoms with Crippen molar-refractivity contribution < 1.29 is 9.59 Å². The Kier molecular flexibility index (Phi) is 3.29. The number of nitrogens with zero attached hydrogens (tertiary/aromatic N) is 2. The van der Waals surface area contributed by atoms with Crippen LogP contribution in [0.1, 0.15) is 36.2 Å². The number of rotatable bonds is 1. The average Bonchev–Trinajstić information content (AvgIpc) is 2.95. The van der Waals surface area contributed by atoms with Crippen molar-refractivity contribution in [2.75, 3.05) is 13.1 Å². The van der Waals surface area contributed by atoms with Crippen LogP contribution in [0.4, 0.5) is 0 Å². The van der Waals surface area contributed by atoms with Gasteiger partial charge in [-0.05, 0) is 30.7 Å². The van der Waals surface area contributed by atoms with Crippen molar-refractivity contribution in [3.05, 3.63) is 42.2 Å². The summed E-state index contributed by atoms with van der Waals surface area (Å²) >= 11 is 0. The van der Waals surface area contributed by atoms with Crippen molar-refractivity contribution in [3.8, 4) is 0 Å². The van der Waals surface area contributed by atoms with Gasteiger partial charge < -0.3 is 10.2 Å². The van der Waals surface area contributed by atoms with Crippen LogP contribution in [0.2, 0.25) is 0 Å². The highest BCUT2D eigenvalue weighted by Gasteiger charge is 2.41. The number of amides is 2. The Morgan fingerprint density at radius 2 is 1.91 bits per heavy atom. The standard InChI is InChI=1S/C18H19N3O2/c22-15-5-7-18(20-15)8-11-21(12-9-18)17(23)16-14-4-2-1-3-13(14)6-10-19-16/h1-4,6,10H,5,7-9,11-12H2,(H,20,22). The summed E-state index contributed by atoms with van der Waals surface area (Å²) in [5, 5.41) is 5.03. The number of nitrogens with one attached hydrogen (secondary N) is 1. The summed E-state index contributed by atoms with van der Waals surface area (Å²) < 4.78 is 0. The Morgan fingerprint density at radius 1 is 1.13 bits per heavy atom. The summed E-state index contributed by atoms with van der Waals surface area (Å²) in [6.45, 7) is 1.34. The van der Waals surface area contributed by atoms with Crippen molar-refractivity contribution >= 4 is 22.6 Å². The zero-order valence-electron chi connectivity index (χ0n) is 12.9. The van der Waals surface area contributed by atoms with Crippen LogP contribution >= 0.6 is 0 Å². The molecule has 5 nitrogen and oxygen atoms in total. The summed E-state index contributed by atoms with van der Waals surface area (Å²) in [5.41, 5.74) is 0.439. The van der Waals surface area contributed by atoms with Gasteiger partial charge in [0.05, 0.1) is 0 Å². The van der Waals surface area contributed by atoms with E-state index in [9.17, 15) is 9.59 Å². The first kappa shape index (κ1) is 14.2. The van der Waals surface area contributed by atoms with Crippen molar-refractivity contribution in [1.82, 2.24) is 15.2 Å². The number of fused-ring (bicyclic) bond motifs is 1. The van der Waals surface area contributed by atoms with Crippen LogP contribution in [0.15, 0.2) is 36.5 Å². The first-order valence-corrected chi connectivity index (χ1v) is 8.11. The number of carbonyl (C=O) groups is 2. The van der Waals surface area contributed by atoms with Gasteiger partial charge >= 0.3 is 0 Å². The maximum absolute atomic E-state index is 12.9. The first-order chi connectivity index (χ1) is 11.2. The molecule has 0 saturated carbocycles. The van der Waals surface area contributed by atoms with Crippen LogP contribution in [-0.4, -0.2) is 40.3 Å². The van der Waals surface area contributed by atoms with Crippen LogP contribution in [-0.2, 0) is 4.79 Å². The van der Waals surface area contributed by atoms with E-state index < -0.39 is 0 Å². The predicted octanol–water partition coefficient (Wildman–Crippen LogP) is 2.12. The molecule has 118 valence electrons. The Hall–Kier alpha value is -2.43. The average molecular weight is 309 g/mol. The van der Waals surface area contributed by atoms with E-state index in [2.05, 4.69) is 10.3 Å². The van der Waals surface area contributed by atoms with Gasteiger partial charge in [0, 0.05) is 36.6 Å². The zero-order valence-corrected chi connectivity index (χ0v) is 12.9. The number of piperidine rings is 1. The van der Waals surface area contributed by atoms with E-state index in [1.807, 2.05) is 35.2 Å². The highest BCUT2D eigenvalue weighted by Crippen LogP contribution is 2.32. The first-order valence-electron chi connectivity index (χ1n) is 8.11. The minimum absolute atomic E-state index is 0.0130. The summed E-state index contributed by atoms with van der Waals surface area (Å²) in [6.07, 6.45) is 4.85. The third-order valence-electron chi connectivity index (χ3n) is 5.12. The fourth-order valence-corrected chi connectivity index (χ4v) is 3.73. The number of likely N-dealkylation sites (tertiary alicyclic amines) is 1. The van der Waals surface area contributed by atoms with Gasteiger partial charge in [0.2, 0.25) is 5.91 Å². The summed E-state index contributed by atoms with van der Waals surface area (Å²) in [7, 11) is 0. The van der Waals surface area contributed by atoms with Crippen LogP contribution in [0.5, 0.6) is 0 Å². The van der Waals surface area contributed by atoms with E-state index in [0.29, 0.717) is 25.2 Å². The molecule has 5 heteroatoms.